The molecule has 0 aliphatic rings. The third-order valence-electron chi connectivity index (χ3n) is 3.86. The maximum absolute atomic E-state index is 12.0. The molecule has 6 nitrogen and oxygen atoms in total. The van der Waals surface area contributed by atoms with Crippen molar-refractivity contribution < 1.29 is 14.3 Å². The first-order valence-corrected chi connectivity index (χ1v) is 9.16. The van der Waals surface area contributed by atoms with Gasteiger partial charge in [-0.15, -0.1) is 11.3 Å². The highest BCUT2D eigenvalue weighted by Gasteiger charge is 2.16. The summed E-state index contributed by atoms with van der Waals surface area (Å²) in [6.07, 6.45) is 1.46. The van der Waals surface area contributed by atoms with Crippen LogP contribution in [-0.2, 0) is 9.53 Å². The average Bonchev–Trinajstić information content (AvgIpc) is 3.05. The zero-order chi connectivity index (χ0) is 18.5. The first-order valence-electron chi connectivity index (χ1n) is 8.29. The Morgan fingerprint density at radius 2 is 2.04 bits per heavy atom. The van der Waals surface area contributed by atoms with Crippen LogP contribution in [0.3, 0.4) is 0 Å². The molecule has 1 N–H and O–H groups in total. The van der Waals surface area contributed by atoms with Crippen LogP contribution in [0, 0.1) is 6.92 Å². The second kappa shape index (κ2) is 8.25. The fourth-order valence-corrected chi connectivity index (χ4v) is 3.55. The second-order valence-corrected chi connectivity index (χ2v) is 6.95. The Kier molecular flexibility index (Phi) is 5.80. The molecule has 0 radical (unpaired) electrons. The van der Waals surface area contributed by atoms with Gasteiger partial charge in [0, 0.05) is 24.1 Å². The molecule has 1 amide bonds. The molecule has 2 aromatic heterocycles. The zero-order valence-corrected chi connectivity index (χ0v) is 15.8. The molecule has 1 aromatic carbocycles. The monoisotopic (exact) mass is 371 g/mol. The number of amides is 1. The van der Waals surface area contributed by atoms with Crippen LogP contribution in [0.4, 0.5) is 0 Å². The molecule has 3 aromatic rings. The van der Waals surface area contributed by atoms with Crippen LogP contribution >= 0.6 is 11.3 Å². The van der Waals surface area contributed by atoms with E-state index in [1.807, 2.05) is 12.3 Å². The third-order valence-corrected chi connectivity index (χ3v) is 4.75. The summed E-state index contributed by atoms with van der Waals surface area (Å²) in [5.74, 6) is 0.204. The Labute approximate surface area is 156 Å². The predicted molar refractivity (Wildman–Crippen MR) is 103 cm³/mol. The van der Waals surface area contributed by atoms with Gasteiger partial charge in [0.15, 0.2) is 6.61 Å². The summed E-state index contributed by atoms with van der Waals surface area (Å²) in [5.41, 5.74) is 3.27. The van der Waals surface area contributed by atoms with Crippen molar-refractivity contribution in [1.29, 1.82) is 0 Å². The van der Waals surface area contributed by atoms with Gasteiger partial charge in [-0.05, 0) is 19.4 Å². The molecular weight excluding hydrogens is 350 g/mol. The van der Waals surface area contributed by atoms with E-state index in [1.54, 1.807) is 7.11 Å². The number of methoxy groups -OCH3 is 1. The lowest BCUT2D eigenvalue weighted by Crippen LogP contribution is -2.38. The van der Waals surface area contributed by atoms with Gasteiger partial charge >= 0.3 is 0 Å². The average molecular weight is 371 g/mol. The Bertz CT molecular complexity index is 893. The Balaban J connectivity index is 1.81. The number of fused-ring (bicyclic) bond motifs is 1. The number of aromatic nitrogens is 2. The molecule has 0 saturated carbocycles. The first kappa shape index (κ1) is 18.3. The lowest BCUT2D eigenvalue weighted by Gasteiger charge is -2.13. The molecular formula is C19H21N3O3S. The van der Waals surface area contributed by atoms with Crippen molar-refractivity contribution in [3.63, 3.8) is 0 Å². The number of nitrogens with one attached hydrogen (secondary N) is 1. The highest BCUT2D eigenvalue weighted by atomic mass is 32.1. The minimum atomic E-state index is -0.214. The van der Waals surface area contributed by atoms with Crippen molar-refractivity contribution in [2.75, 3.05) is 20.3 Å². The number of carbonyl (C=O) groups excluding carboxylic acids is 1. The molecule has 26 heavy (non-hydrogen) atoms. The summed E-state index contributed by atoms with van der Waals surface area (Å²) in [6.45, 7) is 4.27. The van der Waals surface area contributed by atoms with E-state index in [4.69, 9.17) is 9.47 Å². The minimum absolute atomic E-state index is 0.0780. The van der Waals surface area contributed by atoms with Gasteiger partial charge in [0.2, 0.25) is 5.88 Å². The third kappa shape index (κ3) is 4.17. The number of ether oxygens (including phenoxy) is 2. The van der Waals surface area contributed by atoms with Gasteiger partial charge in [0.05, 0.1) is 12.0 Å². The number of thiophene rings is 1. The molecule has 1 unspecified atom stereocenters. The first-order chi connectivity index (χ1) is 12.6. The maximum Gasteiger partial charge on any atom is 0.258 e. The number of benzene rings is 1. The highest BCUT2D eigenvalue weighted by Crippen LogP contribution is 2.37. The van der Waals surface area contributed by atoms with E-state index >= 15 is 0 Å². The van der Waals surface area contributed by atoms with Gasteiger partial charge in [-0.2, -0.15) is 0 Å². The van der Waals surface area contributed by atoms with Crippen LogP contribution in [0.2, 0.25) is 0 Å². The van der Waals surface area contributed by atoms with Gasteiger partial charge in [-0.3, -0.25) is 4.79 Å². The van der Waals surface area contributed by atoms with E-state index in [-0.39, 0.29) is 18.6 Å². The van der Waals surface area contributed by atoms with Crippen LogP contribution in [0.25, 0.3) is 21.3 Å². The van der Waals surface area contributed by atoms with E-state index in [1.165, 1.54) is 23.2 Å². The fourth-order valence-electron chi connectivity index (χ4n) is 2.64. The second-order valence-electron chi connectivity index (χ2n) is 6.09. The van der Waals surface area contributed by atoms with Crippen LogP contribution < -0.4 is 10.1 Å². The molecule has 7 heteroatoms. The number of hydrogen-bond acceptors (Lipinski definition) is 6. The molecule has 0 spiro atoms. The molecule has 136 valence electrons. The van der Waals surface area contributed by atoms with Gasteiger partial charge in [-0.1, -0.05) is 29.8 Å². The number of hydrogen-bond donors (Lipinski definition) is 1. The molecule has 0 bridgehead atoms. The van der Waals surface area contributed by atoms with E-state index in [0.717, 1.165) is 21.3 Å². The van der Waals surface area contributed by atoms with Gasteiger partial charge in [0.1, 0.15) is 11.2 Å². The van der Waals surface area contributed by atoms with E-state index in [2.05, 4.69) is 46.5 Å². The predicted octanol–water partition coefficient (Wildman–Crippen LogP) is 3.20. The number of aryl methyl sites for hydroxylation is 1. The number of rotatable bonds is 7. The summed E-state index contributed by atoms with van der Waals surface area (Å²) in [7, 11) is 1.60. The zero-order valence-electron chi connectivity index (χ0n) is 15.0. The molecule has 1 atom stereocenters. The Hall–Kier alpha value is -2.51. The number of nitrogens with zero attached hydrogens (tertiary/aromatic N) is 2. The van der Waals surface area contributed by atoms with Crippen molar-refractivity contribution in [3.8, 4) is 17.0 Å². The summed E-state index contributed by atoms with van der Waals surface area (Å²) in [4.78, 5) is 21.4. The van der Waals surface area contributed by atoms with Crippen molar-refractivity contribution in [2.24, 2.45) is 0 Å². The SMILES string of the molecule is COCC(C)NC(=O)COc1ncnc2scc(-c3ccc(C)cc3)c12. The smallest absolute Gasteiger partial charge is 0.258 e. The van der Waals surface area contributed by atoms with E-state index < -0.39 is 0 Å². The highest BCUT2D eigenvalue weighted by molar-refractivity contribution is 7.17. The standard InChI is InChI=1S/C19H21N3O3S/c1-12-4-6-14(7-5-12)15-10-26-19-17(15)18(20-11-21-19)25-9-16(23)22-13(2)8-24-3/h4-7,10-11,13H,8-9H2,1-3H3,(H,22,23). The normalized spacial score (nSPS) is 12.1. The largest absolute Gasteiger partial charge is 0.467 e. The van der Waals surface area contributed by atoms with Gasteiger partial charge in [-0.25, -0.2) is 9.97 Å². The fraction of sp³-hybridized carbons (Fsp3) is 0.316. The van der Waals surface area contributed by atoms with E-state index in [9.17, 15) is 4.79 Å². The lowest BCUT2D eigenvalue weighted by atomic mass is 10.0. The van der Waals surface area contributed by atoms with E-state index in [0.29, 0.717) is 12.5 Å². The van der Waals surface area contributed by atoms with Crippen molar-refractivity contribution in [2.45, 2.75) is 19.9 Å². The minimum Gasteiger partial charge on any atom is -0.467 e. The summed E-state index contributed by atoms with van der Waals surface area (Å²) in [5, 5.41) is 5.69. The molecule has 2 heterocycles. The summed E-state index contributed by atoms with van der Waals surface area (Å²) < 4.78 is 10.7. The molecule has 3 rings (SSSR count). The van der Waals surface area contributed by atoms with Gasteiger partial charge in [0.25, 0.3) is 5.91 Å². The van der Waals surface area contributed by atoms with Crippen LogP contribution in [-0.4, -0.2) is 42.2 Å². The molecule has 0 fully saturated rings. The lowest BCUT2D eigenvalue weighted by molar-refractivity contribution is -0.124. The summed E-state index contributed by atoms with van der Waals surface area (Å²) in [6, 6.07) is 8.17. The van der Waals surface area contributed by atoms with Crippen LogP contribution in [0.15, 0.2) is 36.0 Å². The molecule has 0 aliphatic carbocycles. The van der Waals surface area contributed by atoms with Crippen molar-refractivity contribution in [1.82, 2.24) is 15.3 Å². The summed E-state index contributed by atoms with van der Waals surface area (Å²) >= 11 is 1.53. The molecule has 0 saturated heterocycles. The van der Waals surface area contributed by atoms with Crippen molar-refractivity contribution in [3.05, 3.63) is 41.5 Å². The van der Waals surface area contributed by atoms with Crippen LogP contribution in [0.5, 0.6) is 5.88 Å². The number of carbonyl (C=O) groups is 1. The topological polar surface area (TPSA) is 73.3 Å². The Morgan fingerprint density at radius 3 is 2.77 bits per heavy atom. The quantitative estimate of drug-likeness (QED) is 0.690. The van der Waals surface area contributed by atoms with Gasteiger partial charge < -0.3 is 14.8 Å². The van der Waals surface area contributed by atoms with Crippen molar-refractivity contribution >= 4 is 27.5 Å². The molecule has 0 aliphatic heterocycles. The maximum atomic E-state index is 12.0. The Morgan fingerprint density at radius 1 is 1.27 bits per heavy atom. The van der Waals surface area contributed by atoms with Crippen LogP contribution in [0.1, 0.15) is 12.5 Å².